The molecule has 23 heavy (non-hydrogen) atoms. The molecule has 9 heteroatoms. The van der Waals surface area contributed by atoms with Crippen molar-refractivity contribution in [2.45, 2.75) is 19.9 Å². The first kappa shape index (κ1) is 17.8. The second-order valence-electron chi connectivity index (χ2n) is 5.13. The Balaban J connectivity index is 2.51. The summed E-state index contributed by atoms with van der Waals surface area (Å²) in [4.78, 5) is 7.80. The summed E-state index contributed by atoms with van der Waals surface area (Å²) in [5, 5.41) is 3.33. The lowest BCUT2D eigenvalue weighted by Crippen LogP contribution is -2.36. The van der Waals surface area contributed by atoms with Crippen LogP contribution in [0.15, 0.2) is 30.5 Å². The molecule has 0 bridgehead atoms. The number of anilines is 3. The van der Waals surface area contributed by atoms with Crippen molar-refractivity contribution in [2.75, 3.05) is 15.9 Å². The molecule has 0 saturated heterocycles. The molecule has 0 aliphatic heterocycles. The SMILES string of the molecule is CC(C)N(c1ccccc1Nc1nc(Cl)ncc1Cl)S(C)(=O)=O. The third kappa shape index (κ3) is 4.25. The number of benzene rings is 1. The summed E-state index contributed by atoms with van der Waals surface area (Å²) in [5.41, 5.74) is 1.04. The van der Waals surface area contributed by atoms with Crippen LogP contribution >= 0.6 is 23.2 Å². The predicted molar refractivity (Wildman–Crippen MR) is 94.2 cm³/mol. The van der Waals surface area contributed by atoms with E-state index < -0.39 is 10.0 Å². The minimum absolute atomic E-state index is 0.0400. The van der Waals surface area contributed by atoms with Crippen molar-refractivity contribution in [3.8, 4) is 0 Å². The molecule has 0 aliphatic carbocycles. The van der Waals surface area contributed by atoms with Gasteiger partial charge in [0, 0.05) is 6.04 Å². The molecule has 0 atom stereocenters. The van der Waals surface area contributed by atoms with E-state index in [9.17, 15) is 8.42 Å². The van der Waals surface area contributed by atoms with E-state index in [1.54, 1.807) is 38.1 Å². The van der Waals surface area contributed by atoms with Crippen LogP contribution in [0.1, 0.15) is 13.8 Å². The molecule has 0 fully saturated rings. The summed E-state index contributed by atoms with van der Waals surface area (Å²) in [6.45, 7) is 3.60. The maximum absolute atomic E-state index is 12.1. The van der Waals surface area contributed by atoms with Crippen molar-refractivity contribution in [3.63, 3.8) is 0 Å². The van der Waals surface area contributed by atoms with Gasteiger partial charge >= 0.3 is 0 Å². The van der Waals surface area contributed by atoms with Gasteiger partial charge in [-0.25, -0.2) is 13.4 Å². The van der Waals surface area contributed by atoms with Gasteiger partial charge in [-0.3, -0.25) is 4.31 Å². The highest BCUT2D eigenvalue weighted by Crippen LogP contribution is 2.33. The van der Waals surface area contributed by atoms with Crippen LogP contribution in [-0.2, 0) is 10.0 Å². The van der Waals surface area contributed by atoms with Crippen LogP contribution in [0.4, 0.5) is 17.2 Å². The van der Waals surface area contributed by atoms with Crippen molar-refractivity contribution in [3.05, 3.63) is 40.8 Å². The molecule has 0 saturated carbocycles. The molecule has 0 unspecified atom stereocenters. The first-order valence-electron chi connectivity index (χ1n) is 6.73. The van der Waals surface area contributed by atoms with Crippen LogP contribution in [0.25, 0.3) is 0 Å². The number of sulfonamides is 1. The van der Waals surface area contributed by atoms with Crippen LogP contribution in [-0.4, -0.2) is 30.7 Å². The van der Waals surface area contributed by atoms with E-state index in [4.69, 9.17) is 23.2 Å². The summed E-state index contributed by atoms with van der Waals surface area (Å²) in [5.74, 6) is 0.302. The topological polar surface area (TPSA) is 75.2 Å². The number of halogens is 2. The lowest BCUT2D eigenvalue weighted by atomic mass is 10.2. The molecular formula is C14H16Cl2N4O2S. The van der Waals surface area contributed by atoms with Crippen molar-refractivity contribution < 1.29 is 8.42 Å². The molecule has 1 N–H and O–H groups in total. The number of nitrogens with one attached hydrogen (secondary N) is 1. The van der Waals surface area contributed by atoms with Gasteiger partial charge in [0.1, 0.15) is 5.02 Å². The first-order chi connectivity index (χ1) is 10.7. The zero-order chi connectivity index (χ0) is 17.2. The monoisotopic (exact) mass is 374 g/mol. The Morgan fingerprint density at radius 1 is 1.22 bits per heavy atom. The zero-order valence-corrected chi connectivity index (χ0v) is 15.1. The van der Waals surface area contributed by atoms with Gasteiger partial charge in [0.2, 0.25) is 15.3 Å². The van der Waals surface area contributed by atoms with Gasteiger partial charge in [-0.1, -0.05) is 23.7 Å². The van der Waals surface area contributed by atoms with Gasteiger partial charge in [-0.15, -0.1) is 0 Å². The largest absolute Gasteiger partial charge is 0.337 e. The van der Waals surface area contributed by atoms with Gasteiger partial charge in [0.15, 0.2) is 5.82 Å². The number of nitrogens with zero attached hydrogens (tertiary/aromatic N) is 3. The average molecular weight is 375 g/mol. The van der Waals surface area contributed by atoms with Crippen molar-refractivity contribution in [1.29, 1.82) is 0 Å². The van der Waals surface area contributed by atoms with Crippen LogP contribution in [0.2, 0.25) is 10.3 Å². The molecule has 1 aromatic heterocycles. The Morgan fingerprint density at radius 2 is 1.87 bits per heavy atom. The lowest BCUT2D eigenvalue weighted by Gasteiger charge is -2.28. The molecule has 124 valence electrons. The Hall–Kier alpha value is -1.57. The number of hydrogen-bond acceptors (Lipinski definition) is 5. The smallest absolute Gasteiger partial charge is 0.232 e. The van der Waals surface area contributed by atoms with Gasteiger partial charge in [0.05, 0.1) is 23.8 Å². The highest BCUT2D eigenvalue weighted by Gasteiger charge is 2.23. The summed E-state index contributed by atoms with van der Waals surface area (Å²) in [6, 6.07) is 6.73. The number of hydrogen-bond donors (Lipinski definition) is 1. The van der Waals surface area contributed by atoms with E-state index in [0.717, 1.165) is 6.26 Å². The molecular weight excluding hydrogens is 359 g/mol. The normalized spacial score (nSPS) is 11.6. The molecule has 1 heterocycles. The fraction of sp³-hybridized carbons (Fsp3) is 0.286. The van der Waals surface area contributed by atoms with Crippen molar-refractivity contribution in [2.24, 2.45) is 0 Å². The second-order valence-corrected chi connectivity index (χ2v) is 7.73. The molecule has 6 nitrogen and oxygen atoms in total. The van der Waals surface area contributed by atoms with E-state index in [0.29, 0.717) is 17.2 Å². The van der Waals surface area contributed by atoms with Crippen LogP contribution in [0.3, 0.4) is 0 Å². The standard InChI is InChI=1S/C14H16Cl2N4O2S/c1-9(2)20(23(3,21)22)12-7-5-4-6-11(12)18-13-10(15)8-17-14(16)19-13/h4-9H,1-3H3,(H,17,18,19). The van der Waals surface area contributed by atoms with Crippen LogP contribution in [0.5, 0.6) is 0 Å². The molecule has 2 aromatic rings. The molecule has 2 rings (SSSR count). The highest BCUT2D eigenvalue weighted by molar-refractivity contribution is 7.92. The zero-order valence-electron chi connectivity index (χ0n) is 12.8. The molecule has 0 amide bonds. The predicted octanol–water partition coefficient (Wildman–Crippen LogP) is 3.70. The summed E-state index contributed by atoms with van der Waals surface area (Å²) < 4.78 is 25.6. The molecule has 1 aromatic carbocycles. The second kappa shape index (κ2) is 6.90. The maximum Gasteiger partial charge on any atom is 0.232 e. The Morgan fingerprint density at radius 3 is 2.48 bits per heavy atom. The highest BCUT2D eigenvalue weighted by atomic mass is 35.5. The van der Waals surface area contributed by atoms with E-state index in [-0.39, 0.29) is 16.3 Å². The van der Waals surface area contributed by atoms with E-state index >= 15 is 0 Å². The third-order valence-corrected chi connectivity index (χ3v) is 4.73. The van der Waals surface area contributed by atoms with Crippen LogP contribution in [0, 0.1) is 0 Å². The number of rotatable bonds is 5. The van der Waals surface area contributed by atoms with Crippen molar-refractivity contribution >= 4 is 50.4 Å². The number of para-hydroxylation sites is 2. The van der Waals surface area contributed by atoms with E-state index in [1.165, 1.54) is 10.5 Å². The van der Waals surface area contributed by atoms with E-state index in [1.807, 2.05) is 0 Å². The maximum atomic E-state index is 12.1. The summed E-state index contributed by atoms with van der Waals surface area (Å²) in [6.07, 6.45) is 2.54. The minimum Gasteiger partial charge on any atom is -0.337 e. The van der Waals surface area contributed by atoms with Gasteiger partial charge in [-0.2, -0.15) is 4.98 Å². The van der Waals surface area contributed by atoms with Gasteiger partial charge < -0.3 is 5.32 Å². The van der Waals surface area contributed by atoms with E-state index in [2.05, 4.69) is 15.3 Å². The fourth-order valence-electron chi connectivity index (χ4n) is 2.17. The Bertz CT molecular complexity index is 812. The minimum atomic E-state index is -3.45. The lowest BCUT2D eigenvalue weighted by molar-refractivity contribution is 0.590. The van der Waals surface area contributed by atoms with Crippen molar-refractivity contribution in [1.82, 2.24) is 9.97 Å². The number of aromatic nitrogens is 2. The molecule has 0 aliphatic rings. The Kier molecular flexibility index (Phi) is 5.33. The third-order valence-electron chi connectivity index (χ3n) is 2.94. The first-order valence-corrected chi connectivity index (χ1v) is 9.34. The summed E-state index contributed by atoms with van der Waals surface area (Å²) in [7, 11) is -3.45. The molecule has 0 radical (unpaired) electrons. The van der Waals surface area contributed by atoms with Crippen LogP contribution < -0.4 is 9.62 Å². The van der Waals surface area contributed by atoms with Gasteiger partial charge in [0.25, 0.3) is 0 Å². The Labute approximate surface area is 145 Å². The summed E-state index contributed by atoms with van der Waals surface area (Å²) >= 11 is 11.8. The van der Waals surface area contributed by atoms with Gasteiger partial charge in [-0.05, 0) is 37.6 Å². The average Bonchev–Trinajstić information content (AvgIpc) is 2.43. The fourth-order valence-corrected chi connectivity index (χ4v) is 3.73. The molecule has 0 spiro atoms. The quantitative estimate of drug-likeness (QED) is 0.807.